The summed E-state index contributed by atoms with van der Waals surface area (Å²) >= 11 is 0. The molecule has 22 heavy (non-hydrogen) atoms. The van der Waals surface area contributed by atoms with Crippen LogP contribution in [0.4, 0.5) is 0 Å². The van der Waals surface area contributed by atoms with Gasteiger partial charge in [0.1, 0.15) is 6.29 Å². The van der Waals surface area contributed by atoms with Crippen molar-refractivity contribution in [2.24, 2.45) is 34.5 Å². The van der Waals surface area contributed by atoms with Crippen molar-refractivity contribution in [1.29, 1.82) is 0 Å². The summed E-state index contributed by atoms with van der Waals surface area (Å²) < 4.78 is 0. The Labute approximate surface area is 134 Å². The van der Waals surface area contributed by atoms with Gasteiger partial charge in [0.2, 0.25) is 0 Å². The highest BCUT2D eigenvalue weighted by atomic mass is 16.1. The van der Waals surface area contributed by atoms with E-state index in [0.29, 0.717) is 29.0 Å². The molecule has 6 aliphatic rings. The molecule has 0 heterocycles. The Kier molecular flexibility index (Phi) is 3.50. The largest absolute Gasteiger partial charge is 0.298 e. The fourth-order valence-corrected chi connectivity index (χ4v) is 5.14. The van der Waals surface area contributed by atoms with E-state index in [0.717, 1.165) is 30.6 Å². The fraction of sp³-hybridized carbons (Fsp3) is 0.700. The van der Waals surface area contributed by atoms with Crippen molar-refractivity contribution in [2.45, 2.75) is 53.9 Å². The van der Waals surface area contributed by atoms with Crippen LogP contribution < -0.4 is 0 Å². The molecule has 0 N–H and O–H groups in total. The molecule has 4 bridgehead atoms. The highest BCUT2D eigenvalue weighted by molar-refractivity contribution is 5.95. The highest BCUT2D eigenvalue weighted by Gasteiger charge is 2.54. The van der Waals surface area contributed by atoms with Crippen molar-refractivity contribution in [3.63, 3.8) is 0 Å². The van der Waals surface area contributed by atoms with E-state index in [9.17, 15) is 9.59 Å². The van der Waals surface area contributed by atoms with Gasteiger partial charge in [-0.3, -0.25) is 9.59 Å². The third kappa shape index (κ3) is 2.06. The van der Waals surface area contributed by atoms with Crippen LogP contribution >= 0.6 is 0 Å². The molecule has 2 heteroatoms. The van der Waals surface area contributed by atoms with Gasteiger partial charge in [0, 0.05) is 5.92 Å². The van der Waals surface area contributed by atoms with Crippen LogP contribution in [0.2, 0.25) is 0 Å². The van der Waals surface area contributed by atoms with Gasteiger partial charge in [-0.1, -0.05) is 39.3 Å². The predicted molar refractivity (Wildman–Crippen MR) is 88.3 cm³/mol. The van der Waals surface area contributed by atoms with E-state index in [1.165, 1.54) is 12.0 Å². The van der Waals surface area contributed by atoms with E-state index in [4.69, 9.17) is 0 Å². The smallest absolute Gasteiger partial charge is 0.159 e. The maximum absolute atomic E-state index is 11.4. The van der Waals surface area contributed by atoms with Crippen molar-refractivity contribution in [3.8, 4) is 0 Å². The molecule has 0 aromatic carbocycles. The molecule has 120 valence electrons. The van der Waals surface area contributed by atoms with Crippen molar-refractivity contribution >= 4 is 12.1 Å². The molecule has 0 radical (unpaired) electrons. The Hall–Kier alpha value is -1.18. The zero-order valence-electron chi connectivity index (χ0n) is 14.5. The van der Waals surface area contributed by atoms with Crippen molar-refractivity contribution in [1.82, 2.24) is 0 Å². The molecule has 4 atom stereocenters. The number of fused-ring (bicyclic) bond motifs is 2. The van der Waals surface area contributed by atoms with E-state index < -0.39 is 0 Å². The molecule has 4 unspecified atom stereocenters. The van der Waals surface area contributed by atoms with Gasteiger partial charge in [-0.15, -0.1) is 0 Å². The molecular weight excluding hydrogens is 272 g/mol. The van der Waals surface area contributed by atoms with E-state index in [1.54, 1.807) is 0 Å². The van der Waals surface area contributed by atoms with Crippen LogP contribution in [0.3, 0.4) is 0 Å². The number of allylic oxidation sites excluding steroid dienone is 4. The van der Waals surface area contributed by atoms with Gasteiger partial charge in [-0.25, -0.2) is 0 Å². The lowest BCUT2D eigenvalue weighted by Gasteiger charge is -2.55. The second-order valence-corrected chi connectivity index (χ2v) is 8.82. The first-order valence-corrected chi connectivity index (χ1v) is 8.56. The fourth-order valence-electron chi connectivity index (χ4n) is 5.14. The van der Waals surface area contributed by atoms with Crippen LogP contribution in [0.25, 0.3) is 0 Å². The van der Waals surface area contributed by atoms with Gasteiger partial charge in [-0.05, 0) is 66.4 Å². The molecule has 6 rings (SSSR count). The summed E-state index contributed by atoms with van der Waals surface area (Å²) in [6, 6.07) is 0. The van der Waals surface area contributed by atoms with Crippen molar-refractivity contribution < 1.29 is 9.59 Å². The summed E-state index contributed by atoms with van der Waals surface area (Å²) in [5, 5.41) is 0. The summed E-state index contributed by atoms with van der Waals surface area (Å²) in [5.74, 6) is 2.78. The zero-order valence-corrected chi connectivity index (χ0v) is 14.5. The lowest BCUT2D eigenvalue weighted by molar-refractivity contribution is -0.133. The molecule has 2 fully saturated rings. The molecular formula is C20H28O2. The Morgan fingerprint density at radius 1 is 1.05 bits per heavy atom. The van der Waals surface area contributed by atoms with Gasteiger partial charge in [0.25, 0.3) is 0 Å². The normalized spacial score (nSPS) is 39.2. The van der Waals surface area contributed by atoms with E-state index >= 15 is 0 Å². The van der Waals surface area contributed by atoms with Gasteiger partial charge >= 0.3 is 0 Å². The number of hydrogen-bond donors (Lipinski definition) is 0. The summed E-state index contributed by atoms with van der Waals surface area (Å²) in [5.41, 5.74) is 3.01. The van der Waals surface area contributed by atoms with Crippen LogP contribution in [-0.2, 0) is 9.59 Å². The molecule has 6 aliphatic carbocycles. The van der Waals surface area contributed by atoms with E-state index in [2.05, 4.69) is 40.7 Å². The summed E-state index contributed by atoms with van der Waals surface area (Å²) in [4.78, 5) is 22.0. The molecule has 0 aromatic heterocycles. The van der Waals surface area contributed by atoms with Crippen LogP contribution in [0.15, 0.2) is 23.3 Å². The maximum Gasteiger partial charge on any atom is 0.159 e. The minimum absolute atomic E-state index is 0.260. The van der Waals surface area contributed by atoms with Crippen molar-refractivity contribution in [3.05, 3.63) is 23.3 Å². The van der Waals surface area contributed by atoms with Crippen LogP contribution in [-0.4, -0.2) is 12.1 Å². The maximum atomic E-state index is 11.4. The Morgan fingerprint density at radius 2 is 1.73 bits per heavy atom. The minimum Gasteiger partial charge on any atom is -0.298 e. The number of hydrogen-bond acceptors (Lipinski definition) is 2. The third-order valence-electron chi connectivity index (χ3n) is 7.18. The second kappa shape index (κ2) is 4.91. The molecule has 0 spiro atoms. The highest BCUT2D eigenvalue weighted by Crippen LogP contribution is 2.59. The van der Waals surface area contributed by atoms with Gasteiger partial charge in [0.15, 0.2) is 5.78 Å². The molecule has 2 saturated carbocycles. The van der Waals surface area contributed by atoms with Gasteiger partial charge < -0.3 is 0 Å². The molecule has 0 saturated heterocycles. The molecule has 2 nitrogen and oxygen atoms in total. The average Bonchev–Trinajstić information content (AvgIpc) is 2.46. The minimum atomic E-state index is 0.260. The number of carbonyl (C=O) groups is 2. The monoisotopic (exact) mass is 300 g/mol. The summed E-state index contributed by atoms with van der Waals surface area (Å²) in [6.45, 7) is 11.1. The summed E-state index contributed by atoms with van der Waals surface area (Å²) in [7, 11) is 0. The molecule has 0 aliphatic heterocycles. The number of aldehydes is 1. The van der Waals surface area contributed by atoms with Gasteiger partial charge in [-0.2, -0.15) is 0 Å². The van der Waals surface area contributed by atoms with E-state index in [-0.39, 0.29) is 5.41 Å². The Balaban J connectivity index is 0.000000131. The molecule has 0 aromatic rings. The quantitative estimate of drug-likeness (QED) is 0.674. The van der Waals surface area contributed by atoms with E-state index in [1.807, 2.05) is 6.08 Å². The first-order chi connectivity index (χ1) is 10.2. The predicted octanol–water partition coefficient (Wildman–Crippen LogP) is 4.36. The number of rotatable bonds is 1. The standard InChI is InChI=1S/2C10H14O/c1-6-4-9(11)8-5-7(6)10(8,2)3;1-10(2)8-4-3-7(6-11)9(10)5-8/h4,7-8H,5H2,1-3H3;3,6,8-9H,4-5H2,1-2H3. The first kappa shape index (κ1) is 15.7. The van der Waals surface area contributed by atoms with Gasteiger partial charge in [0.05, 0.1) is 0 Å². The lowest BCUT2D eigenvalue weighted by Crippen LogP contribution is -2.51. The zero-order chi connectivity index (χ0) is 16.3. The van der Waals surface area contributed by atoms with Crippen LogP contribution in [0.1, 0.15) is 53.9 Å². The second-order valence-electron chi connectivity index (χ2n) is 8.82. The number of ketones is 1. The van der Waals surface area contributed by atoms with Crippen molar-refractivity contribution in [2.75, 3.05) is 0 Å². The topological polar surface area (TPSA) is 34.1 Å². The average molecular weight is 300 g/mol. The molecule has 0 amide bonds. The Morgan fingerprint density at radius 3 is 2.09 bits per heavy atom. The Bertz CT molecular complexity index is 577. The van der Waals surface area contributed by atoms with Crippen LogP contribution in [0.5, 0.6) is 0 Å². The lowest BCUT2D eigenvalue weighted by atomic mass is 9.49. The SMILES string of the molecule is CC1(C)C2CC=C(C=O)C1C2.CC1=CC(=O)C2CC1C2(C)C. The van der Waals surface area contributed by atoms with Crippen LogP contribution in [0, 0.1) is 34.5 Å². The first-order valence-electron chi connectivity index (χ1n) is 8.56. The summed E-state index contributed by atoms with van der Waals surface area (Å²) in [6.07, 6.45) is 8.48. The third-order valence-corrected chi connectivity index (χ3v) is 7.18. The number of carbonyl (C=O) groups excluding carboxylic acids is 2.